The summed E-state index contributed by atoms with van der Waals surface area (Å²) in [5.74, 6) is -1.15. The fourth-order valence-electron chi connectivity index (χ4n) is 3.05. The van der Waals surface area contributed by atoms with Crippen LogP contribution in [0.5, 0.6) is 0 Å². The first kappa shape index (κ1) is 20.4. The molecule has 144 valence electrons. The molecule has 26 heavy (non-hydrogen) atoms. The highest BCUT2D eigenvalue weighted by atomic mass is 32.2. The van der Waals surface area contributed by atoms with Crippen molar-refractivity contribution in [3.8, 4) is 0 Å². The third kappa shape index (κ3) is 5.28. The Bertz CT molecular complexity index is 730. The van der Waals surface area contributed by atoms with Gasteiger partial charge in [-0.25, -0.2) is 8.42 Å². The van der Waals surface area contributed by atoms with Gasteiger partial charge in [0.2, 0.25) is 10.0 Å². The van der Waals surface area contributed by atoms with Gasteiger partial charge in [0, 0.05) is 31.1 Å². The molecule has 0 bridgehead atoms. The first-order valence-corrected chi connectivity index (χ1v) is 10.4. The number of unbranched alkanes of at least 4 members (excludes halogenated alkanes) is 1. The summed E-state index contributed by atoms with van der Waals surface area (Å²) in [6.07, 6.45) is 3.93. The van der Waals surface area contributed by atoms with Crippen LogP contribution in [-0.2, 0) is 14.8 Å². The van der Waals surface area contributed by atoms with Crippen molar-refractivity contribution < 1.29 is 23.1 Å². The van der Waals surface area contributed by atoms with Crippen LogP contribution in [0, 0.1) is 0 Å². The lowest BCUT2D eigenvalue weighted by molar-refractivity contribution is -0.137. The van der Waals surface area contributed by atoms with Gasteiger partial charge in [0.1, 0.15) is 0 Å². The Morgan fingerprint density at radius 1 is 1.19 bits per heavy atom. The van der Waals surface area contributed by atoms with Gasteiger partial charge in [0.15, 0.2) is 0 Å². The molecule has 1 atom stereocenters. The van der Waals surface area contributed by atoms with E-state index in [-0.39, 0.29) is 23.3 Å². The minimum absolute atomic E-state index is 0.0115. The van der Waals surface area contributed by atoms with Gasteiger partial charge in [-0.1, -0.05) is 6.42 Å². The molecule has 1 aliphatic heterocycles. The molecular weight excluding hydrogens is 356 g/mol. The molecular formula is C18H26N2O5S. The van der Waals surface area contributed by atoms with Crippen molar-refractivity contribution in [3.63, 3.8) is 0 Å². The van der Waals surface area contributed by atoms with Gasteiger partial charge in [-0.2, -0.15) is 4.31 Å². The van der Waals surface area contributed by atoms with Gasteiger partial charge in [-0.05, 0) is 56.9 Å². The van der Waals surface area contributed by atoms with E-state index < -0.39 is 16.0 Å². The Labute approximate surface area is 154 Å². The van der Waals surface area contributed by atoms with E-state index in [1.807, 2.05) is 6.92 Å². The molecule has 0 aliphatic carbocycles. The summed E-state index contributed by atoms with van der Waals surface area (Å²) in [5.41, 5.74) is 0.383. The number of benzene rings is 1. The zero-order valence-electron chi connectivity index (χ0n) is 15.0. The molecule has 1 heterocycles. The lowest BCUT2D eigenvalue weighted by atomic mass is 10.1. The molecule has 1 amide bonds. The Hall–Kier alpha value is -1.93. The summed E-state index contributed by atoms with van der Waals surface area (Å²) >= 11 is 0. The predicted molar refractivity (Wildman–Crippen MR) is 97.5 cm³/mol. The number of nitrogens with one attached hydrogen (secondary N) is 1. The maximum Gasteiger partial charge on any atom is 0.303 e. The predicted octanol–water partition coefficient (Wildman–Crippen LogP) is 2.23. The number of carboxylic acids is 1. The average Bonchev–Trinajstić information content (AvgIpc) is 2.61. The van der Waals surface area contributed by atoms with Crippen LogP contribution in [0.3, 0.4) is 0 Å². The second kappa shape index (κ2) is 9.14. The number of carboxylic acid groups (broad SMARTS) is 1. The number of hydrogen-bond acceptors (Lipinski definition) is 4. The molecule has 8 heteroatoms. The van der Waals surface area contributed by atoms with Crippen molar-refractivity contribution >= 4 is 21.9 Å². The molecule has 1 aromatic rings. The Morgan fingerprint density at radius 3 is 2.50 bits per heavy atom. The van der Waals surface area contributed by atoms with Crippen molar-refractivity contribution in [1.29, 1.82) is 0 Å². The fourth-order valence-corrected chi connectivity index (χ4v) is 4.75. The Kier molecular flexibility index (Phi) is 7.16. The summed E-state index contributed by atoms with van der Waals surface area (Å²) in [4.78, 5) is 22.7. The van der Waals surface area contributed by atoms with Crippen LogP contribution in [0.4, 0.5) is 0 Å². The average molecular weight is 382 g/mol. The molecule has 0 saturated carbocycles. The maximum atomic E-state index is 12.8. The highest BCUT2D eigenvalue weighted by molar-refractivity contribution is 7.89. The highest BCUT2D eigenvalue weighted by Crippen LogP contribution is 2.25. The summed E-state index contributed by atoms with van der Waals surface area (Å²) in [6.45, 7) is 2.84. The lowest BCUT2D eigenvalue weighted by Crippen LogP contribution is -2.41. The summed E-state index contributed by atoms with van der Waals surface area (Å²) in [7, 11) is -3.54. The van der Waals surface area contributed by atoms with Crippen LogP contribution in [-0.4, -0.2) is 48.8 Å². The molecule has 1 saturated heterocycles. The number of nitrogens with zero attached hydrogens (tertiary/aromatic N) is 1. The van der Waals surface area contributed by atoms with Crippen molar-refractivity contribution in [2.75, 3.05) is 13.1 Å². The van der Waals surface area contributed by atoms with Crippen LogP contribution in [0.15, 0.2) is 29.2 Å². The number of amides is 1. The van der Waals surface area contributed by atoms with E-state index in [4.69, 9.17) is 5.11 Å². The number of aliphatic carboxylic acids is 1. The summed E-state index contributed by atoms with van der Waals surface area (Å²) in [6, 6.07) is 5.94. The summed E-state index contributed by atoms with van der Waals surface area (Å²) < 4.78 is 27.0. The smallest absolute Gasteiger partial charge is 0.303 e. The van der Waals surface area contributed by atoms with Gasteiger partial charge in [-0.15, -0.1) is 0 Å². The minimum atomic E-state index is -3.54. The molecule has 0 spiro atoms. The molecule has 7 nitrogen and oxygen atoms in total. The number of rotatable bonds is 8. The molecule has 1 aliphatic rings. The molecule has 0 aromatic heterocycles. The van der Waals surface area contributed by atoms with E-state index in [2.05, 4.69) is 5.32 Å². The van der Waals surface area contributed by atoms with Gasteiger partial charge in [0.05, 0.1) is 4.90 Å². The van der Waals surface area contributed by atoms with Gasteiger partial charge in [-0.3, -0.25) is 9.59 Å². The first-order chi connectivity index (χ1) is 12.3. The Balaban J connectivity index is 1.94. The van der Waals surface area contributed by atoms with Crippen LogP contribution < -0.4 is 5.32 Å². The molecule has 1 aromatic carbocycles. The van der Waals surface area contributed by atoms with Crippen LogP contribution in [0.1, 0.15) is 55.8 Å². The monoisotopic (exact) mass is 382 g/mol. The highest BCUT2D eigenvalue weighted by Gasteiger charge is 2.30. The second-order valence-electron chi connectivity index (χ2n) is 6.59. The van der Waals surface area contributed by atoms with Gasteiger partial charge in [0.25, 0.3) is 5.91 Å². The Morgan fingerprint density at radius 2 is 1.88 bits per heavy atom. The number of hydrogen-bond donors (Lipinski definition) is 2. The van der Waals surface area contributed by atoms with E-state index >= 15 is 0 Å². The second-order valence-corrected chi connectivity index (χ2v) is 8.48. The third-order valence-corrected chi connectivity index (χ3v) is 6.60. The minimum Gasteiger partial charge on any atom is -0.481 e. The van der Waals surface area contributed by atoms with Crippen LogP contribution >= 0.6 is 0 Å². The molecule has 0 radical (unpaired) electrons. The van der Waals surface area contributed by atoms with E-state index in [9.17, 15) is 18.0 Å². The topological polar surface area (TPSA) is 104 Å². The van der Waals surface area contributed by atoms with Crippen molar-refractivity contribution in [1.82, 2.24) is 9.62 Å². The quantitative estimate of drug-likeness (QED) is 0.671. The van der Waals surface area contributed by atoms with Gasteiger partial charge >= 0.3 is 5.97 Å². The molecule has 2 rings (SSSR count). The fraction of sp³-hybridized carbons (Fsp3) is 0.556. The van der Waals surface area contributed by atoms with E-state index in [0.717, 1.165) is 19.3 Å². The van der Waals surface area contributed by atoms with E-state index in [1.165, 1.54) is 28.6 Å². The van der Waals surface area contributed by atoms with Crippen LogP contribution in [0.25, 0.3) is 0 Å². The van der Waals surface area contributed by atoms with Gasteiger partial charge < -0.3 is 10.4 Å². The van der Waals surface area contributed by atoms with E-state index in [0.29, 0.717) is 31.5 Å². The lowest BCUT2D eigenvalue weighted by Gasteiger charge is -2.32. The standard InChI is InChI=1S/C18H26N2O5S/c1-14-6-3-5-13-20(14)26(24,25)16-10-8-15(9-11-16)18(23)19-12-4-2-7-17(21)22/h8-11,14H,2-7,12-13H2,1H3,(H,19,23)(H,21,22). The molecule has 2 N–H and O–H groups in total. The van der Waals surface area contributed by atoms with Crippen molar-refractivity contribution in [2.45, 2.75) is 56.4 Å². The number of sulfonamides is 1. The number of carbonyl (C=O) groups is 2. The molecule has 1 fully saturated rings. The van der Waals surface area contributed by atoms with Crippen molar-refractivity contribution in [2.24, 2.45) is 0 Å². The normalized spacial score (nSPS) is 18.4. The zero-order chi connectivity index (χ0) is 19.2. The number of piperidine rings is 1. The first-order valence-electron chi connectivity index (χ1n) is 8.94. The molecule has 1 unspecified atom stereocenters. The van der Waals surface area contributed by atoms with Crippen LogP contribution in [0.2, 0.25) is 0 Å². The largest absolute Gasteiger partial charge is 0.481 e. The van der Waals surface area contributed by atoms with E-state index in [1.54, 1.807) is 0 Å². The summed E-state index contributed by atoms with van der Waals surface area (Å²) in [5, 5.41) is 11.3. The maximum absolute atomic E-state index is 12.8. The SMILES string of the molecule is CC1CCCCN1S(=O)(=O)c1ccc(C(=O)NCCCCC(=O)O)cc1. The zero-order valence-corrected chi connectivity index (χ0v) is 15.8. The van der Waals surface area contributed by atoms with Crippen molar-refractivity contribution in [3.05, 3.63) is 29.8 Å². The third-order valence-electron chi connectivity index (χ3n) is 4.57. The number of carbonyl (C=O) groups excluding carboxylic acids is 1.